The number of aliphatic hydroxyl groups is 1. The van der Waals surface area contributed by atoms with Crippen molar-refractivity contribution in [2.45, 2.75) is 12.6 Å². The third-order valence-corrected chi connectivity index (χ3v) is 3.36. The van der Waals surface area contributed by atoms with Gasteiger partial charge in [-0.2, -0.15) is 0 Å². The van der Waals surface area contributed by atoms with E-state index in [1.807, 2.05) is 30.3 Å². The molecule has 2 aromatic rings. The highest BCUT2D eigenvalue weighted by Crippen LogP contribution is 2.25. The Kier molecular flexibility index (Phi) is 4.80. The summed E-state index contributed by atoms with van der Waals surface area (Å²) in [7, 11) is 0. The van der Waals surface area contributed by atoms with E-state index in [9.17, 15) is 10.2 Å². The van der Waals surface area contributed by atoms with Crippen LogP contribution in [0.4, 0.5) is 0 Å². The summed E-state index contributed by atoms with van der Waals surface area (Å²) in [6.07, 6.45) is 0. The van der Waals surface area contributed by atoms with Crippen LogP contribution >= 0.6 is 11.6 Å². The molecule has 0 aliphatic rings. The zero-order chi connectivity index (χ0) is 13.7. The lowest BCUT2D eigenvalue weighted by atomic mass is 10.1. The molecule has 4 heteroatoms. The van der Waals surface area contributed by atoms with E-state index in [4.69, 9.17) is 11.6 Å². The lowest BCUT2D eigenvalue weighted by Gasteiger charge is -2.17. The van der Waals surface area contributed by atoms with Crippen molar-refractivity contribution in [2.75, 3.05) is 6.61 Å². The maximum Gasteiger partial charge on any atom is 0.121 e. The van der Waals surface area contributed by atoms with Crippen LogP contribution in [0.3, 0.4) is 0 Å². The van der Waals surface area contributed by atoms with Crippen LogP contribution in [0.25, 0.3) is 0 Å². The molecule has 2 rings (SSSR count). The Morgan fingerprint density at radius 1 is 1.05 bits per heavy atom. The Morgan fingerprint density at radius 3 is 2.42 bits per heavy atom. The summed E-state index contributed by atoms with van der Waals surface area (Å²) in [4.78, 5) is 0. The molecule has 0 amide bonds. The molecule has 100 valence electrons. The van der Waals surface area contributed by atoms with Crippen molar-refractivity contribution < 1.29 is 10.2 Å². The number of aliphatic hydroxyl groups excluding tert-OH is 1. The van der Waals surface area contributed by atoms with Crippen molar-refractivity contribution in [3.05, 3.63) is 64.7 Å². The number of rotatable bonds is 5. The van der Waals surface area contributed by atoms with E-state index in [1.54, 1.807) is 18.2 Å². The highest BCUT2D eigenvalue weighted by atomic mass is 35.5. The Morgan fingerprint density at radius 2 is 1.79 bits per heavy atom. The topological polar surface area (TPSA) is 52.5 Å². The van der Waals surface area contributed by atoms with Gasteiger partial charge in [-0.05, 0) is 17.7 Å². The molecule has 0 saturated heterocycles. The molecule has 0 saturated carbocycles. The predicted octanol–water partition coefficient (Wildman–Crippen LogP) is 2.87. The second kappa shape index (κ2) is 6.57. The third-order valence-electron chi connectivity index (χ3n) is 3.00. The molecular formula is C15H16ClNO2. The second-order valence-corrected chi connectivity index (χ2v) is 4.67. The number of benzene rings is 2. The average Bonchev–Trinajstić information content (AvgIpc) is 2.43. The van der Waals surface area contributed by atoms with E-state index in [0.717, 1.165) is 5.56 Å². The number of halogens is 1. The maximum absolute atomic E-state index is 9.76. The fourth-order valence-corrected chi connectivity index (χ4v) is 2.16. The van der Waals surface area contributed by atoms with Gasteiger partial charge in [0.15, 0.2) is 0 Å². The smallest absolute Gasteiger partial charge is 0.121 e. The van der Waals surface area contributed by atoms with E-state index in [0.29, 0.717) is 17.1 Å². The van der Waals surface area contributed by atoms with E-state index in [-0.39, 0.29) is 18.4 Å². The number of nitrogens with one attached hydrogen (secondary N) is 1. The first-order valence-corrected chi connectivity index (χ1v) is 6.45. The summed E-state index contributed by atoms with van der Waals surface area (Å²) in [6.45, 7) is 0.376. The Hall–Kier alpha value is -1.55. The van der Waals surface area contributed by atoms with Crippen LogP contribution in [0, 0.1) is 0 Å². The van der Waals surface area contributed by atoms with Gasteiger partial charge < -0.3 is 15.5 Å². The highest BCUT2D eigenvalue weighted by Gasteiger charge is 2.12. The Balaban J connectivity index is 2.09. The van der Waals surface area contributed by atoms with E-state index in [1.165, 1.54) is 0 Å². The van der Waals surface area contributed by atoms with Gasteiger partial charge in [-0.15, -0.1) is 0 Å². The Bertz CT molecular complexity index is 511. The fraction of sp³-hybridized carbons (Fsp3) is 0.200. The van der Waals surface area contributed by atoms with E-state index in [2.05, 4.69) is 5.32 Å². The monoisotopic (exact) mass is 277 g/mol. The largest absolute Gasteiger partial charge is 0.508 e. The molecule has 0 aliphatic carbocycles. The molecule has 19 heavy (non-hydrogen) atoms. The molecule has 1 atom stereocenters. The van der Waals surface area contributed by atoms with Crippen LogP contribution in [0.5, 0.6) is 5.75 Å². The van der Waals surface area contributed by atoms with Crippen LogP contribution < -0.4 is 5.32 Å². The minimum Gasteiger partial charge on any atom is -0.508 e. The Labute approximate surface area is 117 Å². The summed E-state index contributed by atoms with van der Waals surface area (Å²) in [5.41, 5.74) is 1.63. The predicted molar refractivity (Wildman–Crippen MR) is 76.2 cm³/mol. The van der Waals surface area contributed by atoms with Gasteiger partial charge in [0.2, 0.25) is 0 Å². The first kappa shape index (κ1) is 13.9. The van der Waals surface area contributed by atoms with Crippen LogP contribution in [0.1, 0.15) is 17.2 Å². The molecule has 3 nitrogen and oxygen atoms in total. The van der Waals surface area contributed by atoms with Crippen LogP contribution in [-0.4, -0.2) is 16.8 Å². The number of aromatic hydroxyl groups is 1. The number of hydrogen-bond donors (Lipinski definition) is 3. The summed E-state index contributed by atoms with van der Waals surface area (Å²) >= 11 is 6.04. The summed E-state index contributed by atoms with van der Waals surface area (Å²) in [6, 6.07) is 14.5. The SMILES string of the molecule is OC[C@H](NCc1c(O)cccc1Cl)c1ccccc1. The molecule has 0 fully saturated rings. The second-order valence-electron chi connectivity index (χ2n) is 4.26. The van der Waals surface area contributed by atoms with Crippen molar-refractivity contribution >= 4 is 11.6 Å². The molecular weight excluding hydrogens is 262 g/mol. The maximum atomic E-state index is 9.76. The van der Waals surface area contributed by atoms with Crippen molar-refractivity contribution in [2.24, 2.45) is 0 Å². The van der Waals surface area contributed by atoms with Crippen molar-refractivity contribution in [3.8, 4) is 5.75 Å². The average molecular weight is 278 g/mol. The van der Waals surface area contributed by atoms with Crippen molar-refractivity contribution in [1.82, 2.24) is 5.32 Å². The van der Waals surface area contributed by atoms with Gasteiger partial charge in [0.05, 0.1) is 12.6 Å². The van der Waals surface area contributed by atoms with Crippen LogP contribution in [-0.2, 0) is 6.54 Å². The van der Waals surface area contributed by atoms with Crippen molar-refractivity contribution in [1.29, 1.82) is 0 Å². The van der Waals surface area contributed by atoms with E-state index < -0.39 is 0 Å². The van der Waals surface area contributed by atoms with Gasteiger partial charge in [-0.3, -0.25) is 0 Å². The standard InChI is InChI=1S/C15H16ClNO2/c16-13-7-4-8-15(19)12(13)9-17-14(10-18)11-5-2-1-3-6-11/h1-8,14,17-19H,9-10H2/t14-/m0/s1. The normalized spacial score (nSPS) is 12.3. The van der Waals surface area contributed by atoms with Gasteiger partial charge in [-0.1, -0.05) is 48.0 Å². The van der Waals surface area contributed by atoms with Crippen LogP contribution in [0.15, 0.2) is 48.5 Å². The number of phenolic OH excluding ortho intramolecular Hbond substituents is 1. The quantitative estimate of drug-likeness (QED) is 0.788. The number of phenols is 1. The van der Waals surface area contributed by atoms with Crippen molar-refractivity contribution in [3.63, 3.8) is 0 Å². The summed E-state index contributed by atoms with van der Waals surface area (Å²) in [5.74, 6) is 0.157. The van der Waals surface area contributed by atoms with Gasteiger partial charge in [0, 0.05) is 17.1 Å². The minimum atomic E-state index is -0.183. The molecule has 0 bridgehead atoms. The fourth-order valence-electron chi connectivity index (χ4n) is 1.92. The molecule has 0 heterocycles. The molecule has 0 unspecified atom stereocenters. The van der Waals surface area contributed by atoms with Gasteiger partial charge >= 0.3 is 0 Å². The van der Waals surface area contributed by atoms with Gasteiger partial charge in [0.1, 0.15) is 5.75 Å². The zero-order valence-corrected chi connectivity index (χ0v) is 11.1. The third kappa shape index (κ3) is 3.47. The molecule has 0 spiro atoms. The molecule has 2 aromatic carbocycles. The van der Waals surface area contributed by atoms with E-state index >= 15 is 0 Å². The zero-order valence-electron chi connectivity index (χ0n) is 10.4. The minimum absolute atomic E-state index is 0.0186. The number of hydrogen-bond acceptors (Lipinski definition) is 3. The van der Waals surface area contributed by atoms with Crippen LogP contribution in [0.2, 0.25) is 5.02 Å². The first-order valence-electron chi connectivity index (χ1n) is 6.08. The lowest BCUT2D eigenvalue weighted by Crippen LogP contribution is -2.24. The summed E-state index contributed by atoms with van der Waals surface area (Å²) < 4.78 is 0. The highest BCUT2D eigenvalue weighted by molar-refractivity contribution is 6.31. The lowest BCUT2D eigenvalue weighted by molar-refractivity contribution is 0.243. The summed E-state index contributed by atoms with van der Waals surface area (Å²) in [5, 5.41) is 22.9. The molecule has 0 aromatic heterocycles. The molecule has 0 radical (unpaired) electrons. The van der Waals surface area contributed by atoms with Gasteiger partial charge in [-0.25, -0.2) is 0 Å². The molecule has 0 aliphatic heterocycles. The molecule has 3 N–H and O–H groups in total. The first-order chi connectivity index (χ1) is 9.22. The van der Waals surface area contributed by atoms with Gasteiger partial charge in [0.25, 0.3) is 0 Å².